The summed E-state index contributed by atoms with van der Waals surface area (Å²) < 4.78 is 8.01. The van der Waals surface area contributed by atoms with Crippen molar-refractivity contribution in [1.29, 1.82) is 0 Å². The van der Waals surface area contributed by atoms with Crippen molar-refractivity contribution in [2.75, 3.05) is 31.1 Å². The summed E-state index contributed by atoms with van der Waals surface area (Å²) in [5, 5.41) is 4.64. The SMILES string of the molecule is Cc1ccc(C)c(C(=O)N2CCN(c3c(COc4cccnc4C)c(C)nn3C)CC2)c1. The highest BCUT2D eigenvalue weighted by Gasteiger charge is 2.27. The number of pyridine rings is 1. The third-order valence-electron chi connectivity index (χ3n) is 6.13. The maximum Gasteiger partial charge on any atom is 0.254 e. The van der Waals surface area contributed by atoms with E-state index in [9.17, 15) is 4.79 Å². The van der Waals surface area contributed by atoms with Crippen LogP contribution < -0.4 is 9.64 Å². The standard InChI is InChI=1S/C25H31N5O2/c1-17-8-9-18(2)21(15-17)25(31)30-13-11-29(12-14-30)24-22(19(3)27-28(24)5)16-32-23-7-6-10-26-20(23)4/h6-10,15H,11-14,16H2,1-5H3. The minimum atomic E-state index is 0.114. The number of hydrogen-bond acceptors (Lipinski definition) is 5. The molecule has 1 aliphatic heterocycles. The van der Waals surface area contributed by atoms with Gasteiger partial charge in [-0.3, -0.25) is 14.5 Å². The Kier molecular flexibility index (Phi) is 6.17. The molecule has 0 N–H and O–H groups in total. The van der Waals surface area contributed by atoms with Crippen LogP contribution in [0.25, 0.3) is 0 Å². The monoisotopic (exact) mass is 433 g/mol. The Morgan fingerprint density at radius 1 is 1.03 bits per heavy atom. The molecule has 0 saturated carbocycles. The van der Waals surface area contributed by atoms with Crippen molar-refractivity contribution in [1.82, 2.24) is 19.7 Å². The zero-order valence-corrected chi connectivity index (χ0v) is 19.6. The molecule has 4 rings (SSSR count). The highest BCUT2D eigenvalue weighted by atomic mass is 16.5. The fraction of sp³-hybridized carbons (Fsp3) is 0.400. The quantitative estimate of drug-likeness (QED) is 0.615. The smallest absolute Gasteiger partial charge is 0.254 e. The molecular formula is C25H31N5O2. The topological polar surface area (TPSA) is 63.5 Å². The van der Waals surface area contributed by atoms with Gasteiger partial charge in [-0.1, -0.05) is 17.7 Å². The van der Waals surface area contributed by atoms with Crippen LogP contribution in [0.4, 0.5) is 5.82 Å². The zero-order chi connectivity index (χ0) is 22.8. The number of ether oxygens (including phenoxy) is 1. The van der Waals surface area contributed by atoms with Crippen molar-refractivity contribution in [3.63, 3.8) is 0 Å². The fourth-order valence-electron chi connectivity index (χ4n) is 4.28. The molecule has 1 amide bonds. The first-order valence-electron chi connectivity index (χ1n) is 11.0. The number of anilines is 1. The number of benzene rings is 1. The molecule has 1 saturated heterocycles. The van der Waals surface area contributed by atoms with Crippen LogP contribution in [0, 0.1) is 27.7 Å². The van der Waals surface area contributed by atoms with E-state index in [1.807, 2.05) is 74.7 Å². The Hall–Kier alpha value is -3.35. The van der Waals surface area contributed by atoms with Gasteiger partial charge in [-0.2, -0.15) is 5.10 Å². The van der Waals surface area contributed by atoms with Crippen molar-refractivity contribution in [3.8, 4) is 5.75 Å². The molecule has 2 aromatic heterocycles. The van der Waals surface area contributed by atoms with Crippen LogP contribution in [-0.4, -0.2) is 51.8 Å². The van der Waals surface area contributed by atoms with Crippen molar-refractivity contribution < 1.29 is 9.53 Å². The van der Waals surface area contributed by atoms with E-state index in [0.29, 0.717) is 19.7 Å². The number of hydrogen-bond donors (Lipinski definition) is 0. The van der Waals surface area contributed by atoms with Gasteiger partial charge in [-0.25, -0.2) is 0 Å². The molecule has 1 fully saturated rings. The first-order chi connectivity index (χ1) is 15.3. The molecule has 168 valence electrons. The molecule has 7 heteroatoms. The van der Waals surface area contributed by atoms with Crippen LogP contribution in [0.15, 0.2) is 36.5 Å². The molecule has 0 spiro atoms. The normalized spacial score (nSPS) is 14.0. The van der Waals surface area contributed by atoms with Gasteiger partial charge >= 0.3 is 0 Å². The average Bonchev–Trinajstić information content (AvgIpc) is 3.07. The lowest BCUT2D eigenvalue weighted by Gasteiger charge is -2.36. The van der Waals surface area contributed by atoms with Gasteiger partial charge in [0.2, 0.25) is 0 Å². The fourth-order valence-corrected chi connectivity index (χ4v) is 4.28. The minimum Gasteiger partial charge on any atom is -0.487 e. The number of rotatable bonds is 5. The molecule has 0 radical (unpaired) electrons. The summed E-state index contributed by atoms with van der Waals surface area (Å²) in [7, 11) is 1.97. The summed E-state index contributed by atoms with van der Waals surface area (Å²) in [4.78, 5) is 21.7. The van der Waals surface area contributed by atoms with Gasteiger partial charge < -0.3 is 14.5 Å². The molecule has 0 unspecified atom stereocenters. The largest absolute Gasteiger partial charge is 0.487 e. The third kappa shape index (κ3) is 4.33. The second kappa shape index (κ2) is 9.02. The second-order valence-electron chi connectivity index (χ2n) is 8.48. The van der Waals surface area contributed by atoms with Gasteiger partial charge in [-0.15, -0.1) is 0 Å². The maximum absolute atomic E-state index is 13.1. The van der Waals surface area contributed by atoms with E-state index in [2.05, 4.69) is 15.0 Å². The van der Waals surface area contributed by atoms with Gasteiger partial charge in [-0.05, 0) is 51.5 Å². The lowest BCUT2D eigenvalue weighted by atomic mass is 10.0. The van der Waals surface area contributed by atoms with E-state index in [0.717, 1.165) is 58.3 Å². The Labute approximate surface area is 189 Å². The molecule has 3 aromatic rings. The van der Waals surface area contributed by atoms with Crippen LogP contribution in [0.5, 0.6) is 5.75 Å². The third-order valence-corrected chi connectivity index (χ3v) is 6.13. The maximum atomic E-state index is 13.1. The first-order valence-corrected chi connectivity index (χ1v) is 11.0. The van der Waals surface area contributed by atoms with Crippen molar-refractivity contribution in [3.05, 3.63) is 70.2 Å². The van der Waals surface area contributed by atoms with Gasteiger partial charge in [0.1, 0.15) is 18.2 Å². The number of nitrogens with zero attached hydrogens (tertiary/aromatic N) is 5. The Bertz CT molecular complexity index is 1130. The molecule has 3 heterocycles. The van der Waals surface area contributed by atoms with E-state index in [4.69, 9.17) is 4.74 Å². The summed E-state index contributed by atoms with van der Waals surface area (Å²) in [5.41, 5.74) is 5.83. The Morgan fingerprint density at radius 2 is 1.78 bits per heavy atom. The van der Waals surface area contributed by atoms with Crippen LogP contribution >= 0.6 is 0 Å². The van der Waals surface area contributed by atoms with Crippen molar-refractivity contribution >= 4 is 11.7 Å². The molecule has 0 bridgehead atoms. The van der Waals surface area contributed by atoms with Gasteiger partial charge in [0.25, 0.3) is 5.91 Å². The molecule has 7 nitrogen and oxygen atoms in total. The van der Waals surface area contributed by atoms with Crippen LogP contribution in [0.3, 0.4) is 0 Å². The summed E-state index contributed by atoms with van der Waals surface area (Å²) >= 11 is 0. The number of aromatic nitrogens is 3. The zero-order valence-electron chi connectivity index (χ0n) is 19.6. The molecule has 1 aliphatic rings. The summed E-state index contributed by atoms with van der Waals surface area (Å²) in [6.07, 6.45) is 1.77. The van der Waals surface area contributed by atoms with Gasteiger partial charge in [0.15, 0.2) is 0 Å². The lowest BCUT2D eigenvalue weighted by Crippen LogP contribution is -2.49. The van der Waals surface area contributed by atoms with E-state index >= 15 is 0 Å². The molecular weight excluding hydrogens is 402 g/mol. The number of carbonyl (C=O) groups is 1. The summed E-state index contributed by atoms with van der Waals surface area (Å²) in [6.45, 7) is 11.3. The number of amides is 1. The van der Waals surface area contributed by atoms with Gasteiger partial charge in [0.05, 0.1) is 17.0 Å². The number of carbonyl (C=O) groups excluding carboxylic acids is 1. The van der Waals surface area contributed by atoms with Crippen molar-refractivity contribution in [2.24, 2.45) is 7.05 Å². The average molecular weight is 434 g/mol. The van der Waals surface area contributed by atoms with E-state index in [1.54, 1.807) is 6.20 Å². The lowest BCUT2D eigenvalue weighted by molar-refractivity contribution is 0.0745. The Morgan fingerprint density at radius 3 is 2.50 bits per heavy atom. The first kappa shape index (κ1) is 21.9. The predicted octanol–water partition coefficient (Wildman–Crippen LogP) is 3.59. The predicted molar refractivity (Wildman–Crippen MR) is 125 cm³/mol. The summed E-state index contributed by atoms with van der Waals surface area (Å²) in [6, 6.07) is 9.88. The summed E-state index contributed by atoms with van der Waals surface area (Å²) in [5.74, 6) is 1.95. The molecule has 1 aromatic carbocycles. The molecule has 0 atom stereocenters. The highest BCUT2D eigenvalue weighted by Crippen LogP contribution is 2.27. The second-order valence-corrected chi connectivity index (χ2v) is 8.48. The van der Waals surface area contributed by atoms with E-state index in [1.165, 1.54) is 0 Å². The molecule has 32 heavy (non-hydrogen) atoms. The van der Waals surface area contributed by atoms with Crippen LogP contribution in [0.1, 0.15) is 38.4 Å². The van der Waals surface area contributed by atoms with Gasteiger partial charge in [0, 0.05) is 45.0 Å². The van der Waals surface area contributed by atoms with Crippen molar-refractivity contribution in [2.45, 2.75) is 34.3 Å². The highest BCUT2D eigenvalue weighted by molar-refractivity contribution is 5.96. The van der Waals surface area contributed by atoms with E-state index in [-0.39, 0.29) is 5.91 Å². The van der Waals surface area contributed by atoms with Crippen LogP contribution in [-0.2, 0) is 13.7 Å². The van der Waals surface area contributed by atoms with E-state index < -0.39 is 0 Å². The Balaban J connectivity index is 1.47. The number of aryl methyl sites for hydroxylation is 5. The number of piperazine rings is 1. The van der Waals surface area contributed by atoms with Crippen LogP contribution in [0.2, 0.25) is 0 Å². The minimum absolute atomic E-state index is 0.114. The molecule has 0 aliphatic carbocycles.